The average Bonchev–Trinajstić information content (AvgIpc) is 1.56. The molecule has 0 fully saturated rings. The second-order valence-electron chi connectivity index (χ2n) is 3.67. The third-order valence-corrected chi connectivity index (χ3v) is 10.8. The Labute approximate surface area is 80.2 Å². The van der Waals surface area contributed by atoms with Crippen LogP contribution >= 0.6 is 28.5 Å². The number of halogens is 1. The topological polar surface area (TPSA) is 23.1 Å². The summed E-state index contributed by atoms with van der Waals surface area (Å²) >= 11 is 0. The predicted molar refractivity (Wildman–Crippen MR) is 61.8 cm³/mol. The molecule has 0 bridgehead atoms. The maximum absolute atomic E-state index is 10.8. The van der Waals surface area contributed by atoms with Crippen molar-refractivity contribution < 1.29 is 4.55 Å². The van der Waals surface area contributed by atoms with Crippen LogP contribution in [0.2, 0.25) is 0 Å². The van der Waals surface area contributed by atoms with E-state index in [0.717, 1.165) is 0 Å². The second-order valence-corrected chi connectivity index (χ2v) is 14.0. The number of rotatable bonds is 3. The normalized spacial score (nSPS) is 19.2. The van der Waals surface area contributed by atoms with E-state index in [9.17, 15) is 4.55 Å². The van der Waals surface area contributed by atoms with Crippen LogP contribution in [0, 0.1) is 0 Å². The Morgan fingerprint density at radius 2 is 1.73 bits per heavy atom. The highest BCUT2D eigenvalue weighted by atomic mass is 35.7. The highest BCUT2D eigenvalue weighted by Crippen LogP contribution is 2.61. The quantitative estimate of drug-likeness (QED) is 0.544. The second kappa shape index (κ2) is 4.06. The monoisotopic (exact) mass is 234 g/mol. The van der Waals surface area contributed by atoms with Gasteiger partial charge in [-0.3, -0.25) is 0 Å². The van der Waals surface area contributed by atoms with Crippen molar-refractivity contribution in [2.24, 2.45) is 0 Å². The summed E-state index contributed by atoms with van der Waals surface area (Å²) in [4.78, 5) is 0. The van der Waals surface area contributed by atoms with E-state index in [1.807, 2.05) is 0 Å². The zero-order chi connectivity index (χ0) is 9.28. The van der Waals surface area contributed by atoms with E-state index in [4.69, 9.17) is 10.7 Å². The third-order valence-electron chi connectivity index (χ3n) is 1.86. The number of hydrogen-bond acceptors (Lipinski definition) is 1. The van der Waals surface area contributed by atoms with Crippen LogP contribution in [-0.4, -0.2) is 27.8 Å². The van der Waals surface area contributed by atoms with Gasteiger partial charge in [0.1, 0.15) is 7.78 Å². The minimum absolute atomic E-state index is 0.139. The van der Waals surface area contributed by atoms with E-state index in [0.29, 0.717) is 7.78 Å². The Morgan fingerprint density at radius 1 is 1.36 bits per heavy atom. The van der Waals surface area contributed by atoms with E-state index in [1.54, 1.807) is 0 Å². The van der Waals surface area contributed by atoms with Crippen LogP contribution in [-0.2, 0) is 10.0 Å². The Hall–Kier alpha value is 1.38. The maximum atomic E-state index is 10.8. The van der Waals surface area contributed by atoms with Gasteiger partial charge in [0.25, 0.3) is 0 Å². The van der Waals surface area contributed by atoms with Crippen molar-refractivity contribution in [3.8, 4) is 0 Å². The molecule has 2 atom stereocenters. The molecule has 0 aliphatic heterocycles. The first kappa shape index (κ1) is 12.4. The van der Waals surface area contributed by atoms with Crippen LogP contribution < -0.4 is 0 Å². The van der Waals surface area contributed by atoms with E-state index >= 15 is 0 Å². The van der Waals surface area contributed by atoms with Crippen molar-refractivity contribution in [3.63, 3.8) is 0 Å². The number of hydrogen-bond donors (Lipinski definition) is 0. The fourth-order valence-corrected chi connectivity index (χ4v) is 7.94. The molecule has 0 radical (unpaired) electrons. The third kappa shape index (κ3) is 4.23. The molecule has 0 aromatic rings. The lowest BCUT2D eigenvalue weighted by Gasteiger charge is -2.41. The van der Waals surface area contributed by atoms with Gasteiger partial charge in [0.05, 0.1) is 14.5 Å². The standard InChI is InChI=1S/C6H16ClOPS2/c1-6(2,9-10(7)8)11(3,4)5/h9H,1-5H3. The lowest BCUT2D eigenvalue weighted by molar-refractivity contribution is 0.620. The van der Waals surface area contributed by atoms with Gasteiger partial charge in [-0.15, -0.1) is 0 Å². The fourth-order valence-electron chi connectivity index (χ4n) is 0.318. The molecule has 0 rings (SSSR count). The molecule has 0 saturated carbocycles. The van der Waals surface area contributed by atoms with E-state index in [1.165, 1.54) is 0 Å². The van der Waals surface area contributed by atoms with Crippen molar-refractivity contribution in [3.05, 3.63) is 0 Å². The van der Waals surface area contributed by atoms with Crippen LogP contribution in [0.1, 0.15) is 13.8 Å². The molecular formula is C6H16ClOPS2. The summed E-state index contributed by atoms with van der Waals surface area (Å²) in [6.45, 7) is 4.28. The van der Waals surface area contributed by atoms with Crippen molar-refractivity contribution in [1.82, 2.24) is 0 Å². The van der Waals surface area contributed by atoms with Gasteiger partial charge in [-0.25, -0.2) is 10.0 Å². The Kier molecular flexibility index (Phi) is 4.57. The van der Waals surface area contributed by atoms with Gasteiger partial charge in [0.15, 0.2) is 10.7 Å². The average molecular weight is 235 g/mol. The molecule has 0 N–H and O–H groups in total. The van der Waals surface area contributed by atoms with Gasteiger partial charge in [-0.2, -0.15) is 0 Å². The van der Waals surface area contributed by atoms with Crippen LogP contribution in [0.25, 0.3) is 0 Å². The molecule has 0 aromatic heterocycles. The Morgan fingerprint density at radius 3 is 1.82 bits per heavy atom. The molecule has 70 valence electrons. The van der Waals surface area contributed by atoms with E-state index in [-0.39, 0.29) is 4.49 Å². The van der Waals surface area contributed by atoms with Crippen molar-refractivity contribution in [2.45, 2.75) is 18.3 Å². The van der Waals surface area contributed by atoms with Crippen LogP contribution in [0.4, 0.5) is 0 Å². The largest absolute Gasteiger partial charge is 0.598 e. The summed E-state index contributed by atoms with van der Waals surface area (Å²) in [5, 5.41) is 0. The Bertz CT molecular complexity index is 133. The van der Waals surface area contributed by atoms with E-state index in [2.05, 4.69) is 32.6 Å². The molecule has 0 saturated heterocycles. The molecular weight excluding hydrogens is 219 g/mol. The van der Waals surface area contributed by atoms with Gasteiger partial charge in [0.2, 0.25) is 0 Å². The first-order chi connectivity index (χ1) is 4.67. The lowest BCUT2D eigenvalue weighted by atomic mass is 10.5. The predicted octanol–water partition coefficient (Wildman–Crippen LogP) is 2.91. The molecule has 0 spiro atoms. The Balaban J connectivity index is 4.22. The van der Waals surface area contributed by atoms with E-state index < -0.39 is 20.0 Å². The van der Waals surface area contributed by atoms with Gasteiger partial charge in [-0.1, -0.05) is 0 Å². The van der Waals surface area contributed by atoms with Crippen LogP contribution in [0.5, 0.6) is 0 Å². The minimum Gasteiger partial charge on any atom is -0.598 e. The zero-order valence-corrected chi connectivity index (χ0v) is 11.0. The first-order valence-electron chi connectivity index (χ1n) is 3.20. The first-order valence-corrected chi connectivity index (χ1v) is 9.76. The maximum Gasteiger partial charge on any atom is 0.176 e. The fraction of sp³-hybridized carbons (Fsp3) is 1.00. The minimum atomic E-state index is -1.16. The molecule has 0 aliphatic carbocycles. The summed E-state index contributed by atoms with van der Waals surface area (Å²) in [6.07, 6.45) is 6.68. The molecule has 0 aliphatic rings. The van der Waals surface area contributed by atoms with Crippen molar-refractivity contribution >= 4 is 38.5 Å². The molecule has 1 nitrogen and oxygen atoms in total. The summed E-state index contributed by atoms with van der Waals surface area (Å²) < 4.78 is 10.9. The smallest absolute Gasteiger partial charge is 0.176 e. The SMILES string of the molecule is CC(C)(P[S+]([O-])Cl)S(C)(C)C. The van der Waals surface area contributed by atoms with Crippen LogP contribution in [0.3, 0.4) is 0 Å². The van der Waals surface area contributed by atoms with Gasteiger partial charge < -0.3 is 4.55 Å². The summed E-state index contributed by atoms with van der Waals surface area (Å²) in [5.74, 6) is 0. The van der Waals surface area contributed by atoms with Gasteiger partial charge >= 0.3 is 0 Å². The highest BCUT2D eigenvalue weighted by Gasteiger charge is 2.34. The molecule has 2 unspecified atom stereocenters. The van der Waals surface area contributed by atoms with Gasteiger partial charge in [0, 0.05) is 0 Å². The van der Waals surface area contributed by atoms with Crippen molar-refractivity contribution in [1.29, 1.82) is 0 Å². The van der Waals surface area contributed by atoms with Crippen LogP contribution in [0.15, 0.2) is 0 Å². The summed E-state index contributed by atoms with van der Waals surface area (Å²) in [6, 6.07) is 0. The lowest BCUT2D eigenvalue weighted by Crippen LogP contribution is -2.21. The summed E-state index contributed by atoms with van der Waals surface area (Å²) in [7, 11) is 3.98. The molecule has 0 amide bonds. The van der Waals surface area contributed by atoms with Crippen molar-refractivity contribution in [2.75, 3.05) is 18.8 Å². The summed E-state index contributed by atoms with van der Waals surface area (Å²) in [5.41, 5.74) is 0. The molecule has 0 heterocycles. The molecule has 11 heavy (non-hydrogen) atoms. The highest BCUT2D eigenvalue weighted by molar-refractivity contribution is 8.59. The zero-order valence-electron chi connectivity index (χ0n) is 7.60. The molecule has 0 aromatic carbocycles. The van der Waals surface area contributed by atoms with Gasteiger partial charge in [-0.05, 0) is 32.6 Å². The molecule has 5 heteroatoms.